The van der Waals surface area contributed by atoms with Crippen LogP contribution in [0.15, 0.2) is 23.0 Å². The summed E-state index contributed by atoms with van der Waals surface area (Å²) in [6.45, 7) is 6.94. The molecular formula is C31H43ClN2O4. The Hall–Kier alpha value is -1.47. The van der Waals surface area contributed by atoms with Crippen LogP contribution in [0.5, 0.6) is 0 Å². The van der Waals surface area contributed by atoms with Gasteiger partial charge >= 0.3 is 0 Å². The van der Waals surface area contributed by atoms with Gasteiger partial charge in [0.25, 0.3) is 5.56 Å². The van der Waals surface area contributed by atoms with Crippen molar-refractivity contribution >= 4 is 22.5 Å². The van der Waals surface area contributed by atoms with Crippen molar-refractivity contribution in [1.82, 2.24) is 9.97 Å². The SMILES string of the molecule is C[C@H](CCc1nc2c(Cl)cccc2c(=O)[nH]1)[C@H]1CC[C@H]2[C@H]3C(C[C@H](O)[C@]12C)[C@@]1(C)CC[C@@H](O)C[C@H]1C[C@H]3O. The average Bonchev–Trinajstić information content (AvgIpc) is 3.23. The summed E-state index contributed by atoms with van der Waals surface area (Å²) < 4.78 is 0. The zero-order valence-electron chi connectivity index (χ0n) is 22.9. The number of H-pyrrole nitrogens is 1. The smallest absolute Gasteiger partial charge is 0.258 e. The first-order valence-corrected chi connectivity index (χ1v) is 15.1. The van der Waals surface area contributed by atoms with Gasteiger partial charge in [0.2, 0.25) is 0 Å². The fourth-order valence-electron chi connectivity index (χ4n) is 9.99. The van der Waals surface area contributed by atoms with Crippen LogP contribution in [0.3, 0.4) is 0 Å². The van der Waals surface area contributed by atoms with Gasteiger partial charge in [-0.15, -0.1) is 0 Å². The van der Waals surface area contributed by atoms with Crippen LogP contribution in [0.4, 0.5) is 0 Å². The maximum atomic E-state index is 12.6. The molecule has 208 valence electrons. The summed E-state index contributed by atoms with van der Waals surface area (Å²) in [6, 6.07) is 5.27. The fraction of sp³-hybridized carbons (Fsp3) is 0.742. The lowest BCUT2D eigenvalue weighted by Gasteiger charge is -2.63. The van der Waals surface area contributed by atoms with E-state index in [1.165, 1.54) is 0 Å². The molecule has 1 unspecified atom stereocenters. The number of nitrogens with zero attached hydrogens (tertiary/aromatic N) is 1. The monoisotopic (exact) mass is 542 g/mol. The van der Waals surface area contributed by atoms with Gasteiger partial charge in [0.15, 0.2) is 0 Å². The van der Waals surface area contributed by atoms with Crippen molar-refractivity contribution in [2.45, 2.75) is 96.9 Å². The number of aliphatic hydroxyl groups excluding tert-OH is 3. The number of para-hydroxylation sites is 1. The normalized spacial score (nSPS) is 43.3. The number of aromatic amines is 1. The van der Waals surface area contributed by atoms with Crippen molar-refractivity contribution in [3.05, 3.63) is 39.4 Å². The molecule has 4 N–H and O–H groups in total. The predicted octanol–water partition coefficient (Wildman–Crippen LogP) is 5.11. The highest BCUT2D eigenvalue weighted by molar-refractivity contribution is 6.34. The maximum Gasteiger partial charge on any atom is 0.258 e. The van der Waals surface area contributed by atoms with E-state index >= 15 is 0 Å². The van der Waals surface area contributed by atoms with Crippen LogP contribution >= 0.6 is 11.6 Å². The third kappa shape index (κ3) is 4.00. The molecule has 0 spiro atoms. The molecule has 1 aromatic heterocycles. The molecule has 1 heterocycles. The summed E-state index contributed by atoms with van der Waals surface area (Å²) in [5, 5.41) is 34.6. The molecule has 1 aromatic carbocycles. The Morgan fingerprint density at radius 1 is 1.11 bits per heavy atom. The van der Waals surface area contributed by atoms with Crippen LogP contribution in [0, 0.1) is 46.3 Å². The van der Waals surface area contributed by atoms with Gasteiger partial charge in [-0.25, -0.2) is 4.98 Å². The Bertz CT molecular complexity index is 1270. The minimum absolute atomic E-state index is 0.0873. The highest BCUT2D eigenvalue weighted by Crippen LogP contribution is 2.68. The number of aliphatic hydroxyl groups is 3. The van der Waals surface area contributed by atoms with E-state index in [0.717, 1.165) is 51.4 Å². The maximum absolute atomic E-state index is 12.6. The van der Waals surface area contributed by atoms with Crippen molar-refractivity contribution < 1.29 is 15.3 Å². The molecule has 2 aromatic rings. The highest BCUT2D eigenvalue weighted by atomic mass is 35.5. The molecule has 4 saturated carbocycles. The van der Waals surface area contributed by atoms with Crippen LogP contribution in [0.1, 0.15) is 78.0 Å². The van der Waals surface area contributed by atoms with E-state index in [-0.39, 0.29) is 34.5 Å². The van der Waals surface area contributed by atoms with E-state index in [0.29, 0.717) is 57.8 Å². The Kier molecular flexibility index (Phi) is 6.73. The quantitative estimate of drug-likeness (QED) is 0.430. The van der Waals surface area contributed by atoms with Crippen molar-refractivity contribution in [3.8, 4) is 0 Å². The van der Waals surface area contributed by atoms with E-state index in [1.54, 1.807) is 18.2 Å². The van der Waals surface area contributed by atoms with Crippen LogP contribution in [0.25, 0.3) is 10.9 Å². The Labute approximate surface area is 230 Å². The summed E-state index contributed by atoms with van der Waals surface area (Å²) in [7, 11) is 0. The lowest BCUT2D eigenvalue weighted by atomic mass is 9.43. The first kappa shape index (κ1) is 26.7. The number of hydrogen-bond acceptors (Lipinski definition) is 5. The van der Waals surface area contributed by atoms with E-state index in [1.807, 2.05) is 0 Å². The van der Waals surface area contributed by atoms with Crippen molar-refractivity contribution in [1.29, 1.82) is 0 Å². The third-order valence-electron chi connectivity index (χ3n) is 12.1. The molecule has 0 radical (unpaired) electrons. The van der Waals surface area contributed by atoms with E-state index in [2.05, 4.69) is 30.7 Å². The molecule has 11 atom stereocenters. The lowest BCUT2D eigenvalue weighted by molar-refractivity contribution is -0.207. The van der Waals surface area contributed by atoms with Crippen LogP contribution < -0.4 is 5.56 Å². The first-order valence-electron chi connectivity index (χ1n) is 14.8. The van der Waals surface area contributed by atoms with E-state index in [4.69, 9.17) is 11.6 Å². The minimum Gasteiger partial charge on any atom is -0.393 e. The van der Waals surface area contributed by atoms with E-state index in [9.17, 15) is 20.1 Å². The molecule has 38 heavy (non-hydrogen) atoms. The number of hydrogen-bond donors (Lipinski definition) is 4. The molecule has 0 bridgehead atoms. The average molecular weight is 543 g/mol. The van der Waals surface area contributed by atoms with Gasteiger partial charge in [-0.3, -0.25) is 4.79 Å². The molecule has 0 aliphatic heterocycles. The zero-order valence-corrected chi connectivity index (χ0v) is 23.6. The van der Waals surface area contributed by atoms with Gasteiger partial charge in [0, 0.05) is 6.42 Å². The third-order valence-corrected chi connectivity index (χ3v) is 12.4. The molecule has 4 aliphatic rings. The number of fused-ring (bicyclic) bond motifs is 6. The van der Waals surface area contributed by atoms with Crippen LogP contribution in [-0.4, -0.2) is 43.6 Å². The molecular weight excluding hydrogens is 500 g/mol. The topological polar surface area (TPSA) is 106 Å². The van der Waals surface area contributed by atoms with Crippen molar-refractivity contribution in [2.24, 2.45) is 46.3 Å². The van der Waals surface area contributed by atoms with Crippen LogP contribution in [0.2, 0.25) is 5.02 Å². The van der Waals surface area contributed by atoms with Gasteiger partial charge in [-0.1, -0.05) is 38.4 Å². The molecule has 4 fully saturated rings. The number of benzene rings is 1. The second-order valence-corrected chi connectivity index (χ2v) is 14.1. The standard InChI is InChI=1S/C31H43ClN2O4/c1-16(7-10-26-33-28-19(29(38)34-26)5-4-6-23(28)32)20-8-9-21-27-22(15-25(37)31(20,21)3)30(2)12-11-18(35)13-17(30)14-24(27)36/h4-6,16-18,20-22,24-25,27,35-37H,7-15H2,1-3H3,(H,33,34,38)/t16-,17+,18-,20-,21+,22?,24-,25+,27+,30+,31-/m1/s1. The van der Waals surface area contributed by atoms with Crippen molar-refractivity contribution in [3.63, 3.8) is 0 Å². The van der Waals surface area contributed by atoms with Crippen LogP contribution in [-0.2, 0) is 6.42 Å². The van der Waals surface area contributed by atoms with Gasteiger partial charge in [-0.2, -0.15) is 0 Å². The van der Waals surface area contributed by atoms with Crippen molar-refractivity contribution in [2.75, 3.05) is 0 Å². The Morgan fingerprint density at radius 2 is 1.89 bits per heavy atom. The molecule has 0 saturated heterocycles. The number of aryl methyl sites for hydroxylation is 1. The summed E-state index contributed by atoms with van der Waals surface area (Å²) in [5.74, 6) is 2.52. The van der Waals surface area contributed by atoms with Gasteiger partial charge < -0.3 is 20.3 Å². The minimum atomic E-state index is -0.393. The molecule has 4 aliphatic carbocycles. The molecule has 6 rings (SSSR count). The van der Waals surface area contributed by atoms with E-state index < -0.39 is 6.10 Å². The molecule has 6 nitrogen and oxygen atoms in total. The number of aromatic nitrogens is 2. The lowest BCUT2D eigenvalue weighted by Crippen LogP contribution is -2.62. The second-order valence-electron chi connectivity index (χ2n) is 13.7. The Morgan fingerprint density at radius 3 is 2.68 bits per heavy atom. The second kappa shape index (κ2) is 9.57. The summed E-state index contributed by atoms with van der Waals surface area (Å²) >= 11 is 6.33. The largest absolute Gasteiger partial charge is 0.393 e. The first-order chi connectivity index (χ1) is 18.0. The van der Waals surface area contributed by atoms with Gasteiger partial charge in [-0.05, 0) is 110 Å². The Balaban J connectivity index is 1.22. The summed E-state index contributed by atoms with van der Waals surface area (Å²) in [6.07, 6.45) is 6.76. The highest BCUT2D eigenvalue weighted by Gasteiger charge is 2.65. The molecule has 7 heteroatoms. The number of rotatable bonds is 4. The predicted molar refractivity (Wildman–Crippen MR) is 149 cm³/mol. The number of halogens is 1. The zero-order chi connectivity index (χ0) is 27.0. The summed E-state index contributed by atoms with van der Waals surface area (Å²) in [5.41, 5.74) is 0.252. The molecule has 0 amide bonds. The van der Waals surface area contributed by atoms with Gasteiger partial charge in [0.05, 0.1) is 34.2 Å². The van der Waals surface area contributed by atoms with Gasteiger partial charge in [0.1, 0.15) is 5.82 Å². The fourth-order valence-corrected chi connectivity index (χ4v) is 10.2. The summed E-state index contributed by atoms with van der Waals surface area (Å²) in [4.78, 5) is 20.2. The number of nitrogens with one attached hydrogen (secondary N) is 1.